The SMILES string of the molecule is O=C1C=CC(=O)OC2(CNCCCN2c2cncc(C(F)(F)F)c2)O1. The van der Waals surface area contributed by atoms with Gasteiger partial charge in [-0.25, -0.2) is 9.59 Å². The number of carbonyl (C=O) groups is 2. The second-order valence-electron chi connectivity index (χ2n) is 5.50. The van der Waals surface area contributed by atoms with E-state index in [-0.39, 0.29) is 18.8 Å². The van der Waals surface area contributed by atoms with Crippen molar-refractivity contribution in [1.82, 2.24) is 10.3 Å². The van der Waals surface area contributed by atoms with Gasteiger partial charge in [0.05, 0.1) is 24.0 Å². The molecule has 0 amide bonds. The third kappa shape index (κ3) is 3.58. The van der Waals surface area contributed by atoms with Crippen molar-refractivity contribution in [1.29, 1.82) is 0 Å². The highest BCUT2D eigenvalue weighted by atomic mass is 19.4. The molecule has 3 rings (SSSR count). The molecule has 1 N–H and O–H groups in total. The predicted molar refractivity (Wildman–Crippen MR) is 78.1 cm³/mol. The van der Waals surface area contributed by atoms with Crippen LogP contribution in [0.2, 0.25) is 0 Å². The number of aromatic nitrogens is 1. The fraction of sp³-hybridized carbons (Fsp3) is 0.400. The first kappa shape index (κ1) is 17.2. The standard InChI is InChI=1S/C15H14F3N3O4/c16-15(17,18)10-6-11(8-20-7-10)21-5-1-4-19-9-14(21)24-12(22)2-3-13(23)25-14/h2-3,6-8,19H,1,4-5,9H2. The van der Waals surface area contributed by atoms with Crippen LogP contribution in [-0.2, 0) is 25.2 Å². The molecule has 134 valence electrons. The molecule has 2 aliphatic rings. The van der Waals surface area contributed by atoms with Gasteiger partial charge in [0.1, 0.15) is 0 Å². The maximum atomic E-state index is 13.0. The quantitative estimate of drug-likeness (QED) is 0.757. The van der Waals surface area contributed by atoms with E-state index in [2.05, 4.69) is 10.3 Å². The topological polar surface area (TPSA) is 80.8 Å². The van der Waals surface area contributed by atoms with Crippen molar-refractivity contribution >= 4 is 17.6 Å². The van der Waals surface area contributed by atoms with Crippen molar-refractivity contribution in [2.24, 2.45) is 0 Å². The second kappa shape index (κ2) is 6.36. The van der Waals surface area contributed by atoms with Crippen LogP contribution < -0.4 is 10.2 Å². The lowest BCUT2D eigenvalue weighted by atomic mass is 10.2. The largest absolute Gasteiger partial charge is 0.417 e. The number of esters is 2. The van der Waals surface area contributed by atoms with Gasteiger partial charge in [-0.1, -0.05) is 0 Å². The number of hydrogen-bond donors (Lipinski definition) is 1. The van der Waals surface area contributed by atoms with E-state index in [9.17, 15) is 22.8 Å². The Morgan fingerprint density at radius 1 is 1.16 bits per heavy atom. The molecule has 10 heteroatoms. The monoisotopic (exact) mass is 357 g/mol. The fourth-order valence-electron chi connectivity index (χ4n) is 2.65. The number of halogens is 3. The van der Waals surface area contributed by atoms with E-state index in [1.54, 1.807) is 0 Å². The van der Waals surface area contributed by atoms with Gasteiger partial charge in [-0.3, -0.25) is 9.88 Å². The number of nitrogens with zero attached hydrogens (tertiary/aromatic N) is 2. The lowest BCUT2D eigenvalue weighted by molar-refractivity contribution is -0.217. The minimum Gasteiger partial charge on any atom is -0.399 e. The molecule has 1 aromatic rings. The number of hydrogen-bond acceptors (Lipinski definition) is 7. The maximum absolute atomic E-state index is 13.0. The Hall–Kier alpha value is -2.62. The molecule has 7 nitrogen and oxygen atoms in total. The Morgan fingerprint density at radius 2 is 1.84 bits per heavy atom. The van der Waals surface area contributed by atoms with E-state index >= 15 is 0 Å². The van der Waals surface area contributed by atoms with E-state index in [4.69, 9.17) is 9.47 Å². The molecular weight excluding hydrogens is 343 g/mol. The molecule has 1 spiro atoms. The molecule has 2 aliphatic heterocycles. The summed E-state index contributed by atoms with van der Waals surface area (Å²) in [6, 6.07) is 0.875. The fourth-order valence-corrected chi connectivity index (χ4v) is 2.65. The first-order valence-electron chi connectivity index (χ1n) is 7.45. The van der Waals surface area contributed by atoms with Crippen LogP contribution in [0.1, 0.15) is 12.0 Å². The molecule has 0 aromatic carbocycles. The highest BCUT2D eigenvalue weighted by Gasteiger charge is 2.47. The van der Waals surface area contributed by atoms with Crippen molar-refractivity contribution in [2.45, 2.75) is 18.5 Å². The van der Waals surface area contributed by atoms with Gasteiger partial charge >= 0.3 is 24.0 Å². The van der Waals surface area contributed by atoms with Gasteiger partial charge in [-0.05, 0) is 19.0 Å². The minimum atomic E-state index is -4.58. The average Bonchev–Trinajstić information content (AvgIpc) is 2.83. The second-order valence-corrected chi connectivity index (χ2v) is 5.50. The van der Waals surface area contributed by atoms with E-state index in [0.29, 0.717) is 19.2 Å². The van der Waals surface area contributed by atoms with Crippen LogP contribution in [0.4, 0.5) is 18.9 Å². The molecule has 0 bridgehead atoms. The van der Waals surface area contributed by atoms with Crippen molar-refractivity contribution in [3.63, 3.8) is 0 Å². The Bertz CT molecular complexity index is 700. The summed E-state index contributed by atoms with van der Waals surface area (Å²) in [6.07, 6.45) is -0.352. The summed E-state index contributed by atoms with van der Waals surface area (Å²) in [5, 5.41) is 2.95. The average molecular weight is 357 g/mol. The summed E-state index contributed by atoms with van der Waals surface area (Å²) in [5.74, 6) is -3.56. The van der Waals surface area contributed by atoms with E-state index in [1.165, 1.54) is 11.1 Å². The first-order valence-corrected chi connectivity index (χ1v) is 7.45. The van der Waals surface area contributed by atoms with Crippen LogP contribution in [-0.4, -0.2) is 42.5 Å². The number of alkyl halides is 3. The first-order chi connectivity index (χ1) is 11.8. The molecule has 0 aliphatic carbocycles. The molecule has 25 heavy (non-hydrogen) atoms. The van der Waals surface area contributed by atoms with Gasteiger partial charge in [0.15, 0.2) is 0 Å². The molecule has 0 radical (unpaired) electrons. The summed E-state index contributed by atoms with van der Waals surface area (Å²) in [5.41, 5.74) is -0.928. The third-order valence-corrected chi connectivity index (χ3v) is 3.73. The zero-order valence-electron chi connectivity index (χ0n) is 12.9. The van der Waals surface area contributed by atoms with Crippen LogP contribution in [0.25, 0.3) is 0 Å². The summed E-state index contributed by atoms with van der Waals surface area (Å²) in [4.78, 5) is 28.6. The van der Waals surface area contributed by atoms with Crippen LogP contribution in [0.15, 0.2) is 30.6 Å². The van der Waals surface area contributed by atoms with Crippen molar-refractivity contribution in [3.8, 4) is 0 Å². The molecule has 1 fully saturated rings. The van der Waals surface area contributed by atoms with E-state index in [1.807, 2.05) is 0 Å². The van der Waals surface area contributed by atoms with Crippen LogP contribution in [0.3, 0.4) is 0 Å². The number of pyridine rings is 1. The Morgan fingerprint density at radius 3 is 2.48 bits per heavy atom. The van der Waals surface area contributed by atoms with Gasteiger partial charge in [0, 0.05) is 24.9 Å². The van der Waals surface area contributed by atoms with Crippen LogP contribution in [0.5, 0.6) is 0 Å². The van der Waals surface area contributed by atoms with Gasteiger partial charge < -0.3 is 14.8 Å². The van der Waals surface area contributed by atoms with E-state index in [0.717, 1.165) is 18.2 Å². The summed E-state index contributed by atoms with van der Waals surface area (Å²) >= 11 is 0. The maximum Gasteiger partial charge on any atom is 0.417 e. The van der Waals surface area contributed by atoms with Crippen LogP contribution >= 0.6 is 0 Å². The number of carbonyl (C=O) groups excluding carboxylic acids is 2. The lowest BCUT2D eigenvalue weighted by Crippen LogP contribution is -2.58. The summed E-state index contributed by atoms with van der Waals surface area (Å²) in [6.45, 7) is 0.603. The molecule has 1 saturated heterocycles. The number of nitrogens with one attached hydrogen (secondary N) is 1. The third-order valence-electron chi connectivity index (χ3n) is 3.73. The minimum absolute atomic E-state index is 0.0287. The zero-order chi connectivity index (χ0) is 18.1. The van der Waals surface area contributed by atoms with Gasteiger partial charge in [-0.15, -0.1) is 0 Å². The van der Waals surface area contributed by atoms with Gasteiger partial charge in [0.25, 0.3) is 0 Å². The van der Waals surface area contributed by atoms with Gasteiger partial charge in [0.2, 0.25) is 0 Å². The number of ether oxygens (including phenoxy) is 2. The zero-order valence-corrected chi connectivity index (χ0v) is 12.9. The molecule has 0 saturated carbocycles. The predicted octanol–water partition coefficient (Wildman–Crippen LogP) is 1.21. The summed E-state index contributed by atoms with van der Waals surface area (Å²) in [7, 11) is 0. The van der Waals surface area contributed by atoms with Crippen molar-refractivity contribution < 1.29 is 32.2 Å². The molecular formula is C15H14F3N3O4. The molecule has 1 aromatic heterocycles. The molecule has 0 atom stereocenters. The molecule has 0 unspecified atom stereocenters. The number of rotatable bonds is 1. The Balaban J connectivity index is 2.05. The summed E-state index contributed by atoms with van der Waals surface area (Å²) < 4.78 is 49.5. The van der Waals surface area contributed by atoms with Crippen molar-refractivity contribution in [2.75, 3.05) is 24.5 Å². The van der Waals surface area contributed by atoms with Crippen molar-refractivity contribution in [3.05, 3.63) is 36.2 Å². The smallest absolute Gasteiger partial charge is 0.399 e. The Labute approximate surface area is 140 Å². The highest BCUT2D eigenvalue weighted by molar-refractivity contribution is 5.93. The number of anilines is 1. The van der Waals surface area contributed by atoms with Gasteiger partial charge in [-0.2, -0.15) is 13.2 Å². The van der Waals surface area contributed by atoms with Crippen LogP contribution in [0, 0.1) is 0 Å². The van der Waals surface area contributed by atoms with E-state index < -0.39 is 29.6 Å². The lowest BCUT2D eigenvalue weighted by Gasteiger charge is -2.40. The normalized spacial score (nSPS) is 20.7. The highest BCUT2D eigenvalue weighted by Crippen LogP contribution is 2.34. The Kier molecular flexibility index (Phi) is 4.38. The molecule has 3 heterocycles.